The van der Waals surface area contributed by atoms with Crippen LogP contribution in [0.15, 0.2) is 42.5 Å². The molecular weight excluding hydrogens is 372 g/mol. The summed E-state index contributed by atoms with van der Waals surface area (Å²) in [5.41, 5.74) is 2.45. The van der Waals surface area contributed by atoms with E-state index in [1.54, 1.807) is 24.1 Å². The van der Waals surface area contributed by atoms with Crippen LogP contribution in [0, 0.1) is 0 Å². The smallest absolute Gasteiger partial charge is 0.264 e. The number of methoxy groups -OCH3 is 2. The molecule has 1 atom stereocenters. The molecule has 2 aromatic carbocycles. The van der Waals surface area contributed by atoms with E-state index in [4.69, 9.17) is 14.2 Å². The molecule has 1 heterocycles. The third-order valence-electron chi connectivity index (χ3n) is 4.72. The second kappa shape index (κ2) is 9.43. The van der Waals surface area contributed by atoms with Crippen molar-refractivity contribution < 1.29 is 23.8 Å². The van der Waals surface area contributed by atoms with Crippen LogP contribution in [0.25, 0.3) is 0 Å². The standard InChI is InChI=1S/C22H26N2O5/c1-4-19-22(26)24(12-15-6-5-7-18(10-15)28-3)13-16-11-17(8-9-20(16)29-19)23-21(25)14-27-2/h5-11,19H,4,12-14H2,1-3H3,(H,23,25). The van der Waals surface area contributed by atoms with Gasteiger partial charge in [-0.15, -0.1) is 0 Å². The van der Waals surface area contributed by atoms with Crippen molar-refractivity contribution in [3.63, 3.8) is 0 Å². The maximum atomic E-state index is 13.0. The van der Waals surface area contributed by atoms with Crippen LogP contribution in [0.5, 0.6) is 11.5 Å². The lowest BCUT2D eigenvalue weighted by molar-refractivity contribution is -0.139. The number of fused-ring (bicyclic) bond motifs is 1. The number of nitrogens with one attached hydrogen (secondary N) is 1. The summed E-state index contributed by atoms with van der Waals surface area (Å²) in [5.74, 6) is 1.11. The van der Waals surface area contributed by atoms with Gasteiger partial charge in [-0.1, -0.05) is 19.1 Å². The van der Waals surface area contributed by atoms with E-state index in [9.17, 15) is 9.59 Å². The van der Waals surface area contributed by atoms with Crippen LogP contribution < -0.4 is 14.8 Å². The topological polar surface area (TPSA) is 77.1 Å². The maximum Gasteiger partial charge on any atom is 0.264 e. The Hall–Kier alpha value is -3.06. The summed E-state index contributed by atoms with van der Waals surface area (Å²) >= 11 is 0. The average molecular weight is 398 g/mol. The molecule has 0 fully saturated rings. The lowest BCUT2D eigenvalue weighted by Gasteiger charge is -2.23. The number of hydrogen-bond acceptors (Lipinski definition) is 5. The van der Waals surface area contributed by atoms with E-state index >= 15 is 0 Å². The fourth-order valence-electron chi connectivity index (χ4n) is 3.30. The Bertz CT molecular complexity index is 883. The molecule has 3 rings (SSSR count). The summed E-state index contributed by atoms with van der Waals surface area (Å²) in [6.07, 6.45) is 0.0231. The first-order valence-electron chi connectivity index (χ1n) is 9.54. The lowest BCUT2D eigenvalue weighted by atomic mass is 10.1. The molecule has 0 spiro atoms. The SMILES string of the molecule is CCC1Oc2ccc(NC(=O)COC)cc2CN(Cc2cccc(OC)c2)C1=O. The average Bonchev–Trinajstić information content (AvgIpc) is 2.84. The van der Waals surface area contributed by atoms with E-state index in [0.717, 1.165) is 16.9 Å². The molecule has 1 aliphatic rings. The van der Waals surface area contributed by atoms with E-state index in [0.29, 0.717) is 30.9 Å². The monoisotopic (exact) mass is 398 g/mol. The third-order valence-corrected chi connectivity index (χ3v) is 4.72. The van der Waals surface area contributed by atoms with Crippen molar-refractivity contribution in [3.05, 3.63) is 53.6 Å². The molecule has 0 saturated carbocycles. The molecule has 2 aromatic rings. The molecule has 7 heteroatoms. The quantitative estimate of drug-likeness (QED) is 0.776. The number of hydrogen-bond donors (Lipinski definition) is 1. The van der Waals surface area contributed by atoms with Gasteiger partial charge in [0.15, 0.2) is 6.10 Å². The Morgan fingerprint density at radius 2 is 2.07 bits per heavy atom. The molecule has 0 aliphatic carbocycles. The second-order valence-corrected chi connectivity index (χ2v) is 6.86. The molecule has 1 N–H and O–H groups in total. The first-order valence-corrected chi connectivity index (χ1v) is 9.54. The van der Waals surface area contributed by atoms with Crippen molar-refractivity contribution >= 4 is 17.5 Å². The van der Waals surface area contributed by atoms with Crippen molar-refractivity contribution in [3.8, 4) is 11.5 Å². The third kappa shape index (κ3) is 5.06. The van der Waals surface area contributed by atoms with Gasteiger partial charge in [0.1, 0.15) is 18.1 Å². The Balaban J connectivity index is 1.86. The van der Waals surface area contributed by atoms with Gasteiger partial charge < -0.3 is 24.4 Å². The van der Waals surface area contributed by atoms with E-state index in [2.05, 4.69) is 5.32 Å². The highest BCUT2D eigenvalue weighted by Crippen LogP contribution is 2.30. The Labute approximate surface area is 170 Å². The fourth-order valence-corrected chi connectivity index (χ4v) is 3.30. The summed E-state index contributed by atoms with van der Waals surface area (Å²) in [7, 11) is 3.09. The van der Waals surface area contributed by atoms with Gasteiger partial charge in [-0.3, -0.25) is 9.59 Å². The Kier molecular flexibility index (Phi) is 6.72. The molecule has 7 nitrogen and oxygen atoms in total. The number of ether oxygens (including phenoxy) is 3. The van der Waals surface area contributed by atoms with Crippen LogP contribution in [0.3, 0.4) is 0 Å². The van der Waals surface area contributed by atoms with E-state index in [1.165, 1.54) is 7.11 Å². The van der Waals surface area contributed by atoms with Crippen LogP contribution in [-0.4, -0.2) is 43.6 Å². The zero-order chi connectivity index (χ0) is 20.8. The highest BCUT2D eigenvalue weighted by molar-refractivity contribution is 5.92. The number of nitrogens with zero attached hydrogens (tertiary/aromatic N) is 1. The Morgan fingerprint density at radius 3 is 2.79 bits per heavy atom. The van der Waals surface area contributed by atoms with Crippen molar-refractivity contribution in [2.45, 2.75) is 32.5 Å². The summed E-state index contributed by atoms with van der Waals surface area (Å²) in [4.78, 5) is 26.6. The van der Waals surface area contributed by atoms with E-state index in [1.807, 2.05) is 37.3 Å². The maximum absolute atomic E-state index is 13.0. The van der Waals surface area contributed by atoms with Crippen LogP contribution >= 0.6 is 0 Å². The summed E-state index contributed by atoms with van der Waals surface area (Å²) < 4.78 is 16.1. The number of benzene rings is 2. The van der Waals surface area contributed by atoms with Crippen molar-refractivity contribution in [1.82, 2.24) is 4.90 Å². The molecule has 0 radical (unpaired) electrons. The number of rotatable bonds is 7. The van der Waals surface area contributed by atoms with Gasteiger partial charge in [-0.05, 0) is 42.3 Å². The minimum absolute atomic E-state index is 0.0219. The van der Waals surface area contributed by atoms with Crippen LogP contribution in [0.2, 0.25) is 0 Å². The zero-order valence-electron chi connectivity index (χ0n) is 16.9. The van der Waals surface area contributed by atoms with Crippen LogP contribution in [0.4, 0.5) is 5.69 Å². The largest absolute Gasteiger partial charge is 0.497 e. The molecule has 154 valence electrons. The van der Waals surface area contributed by atoms with Gasteiger partial charge in [0, 0.05) is 31.5 Å². The molecule has 0 saturated heterocycles. The summed E-state index contributed by atoms with van der Waals surface area (Å²) in [5, 5.41) is 2.79. The number of carbonyl (C=O) groups is 2. The predicted molar refractivity (Wildman–Crippen MR) is 109 cm³/mol. The van der Waals surface area contributed by atoms with Gasteiger partial charge in [0.25, 0.3) is 5.91 Å². The van der Waals surface area contributed by atoms with Gasteiger partial charge >= 0.3 is 0 Å². The number of carbonyl (C=O) groups excluding carboxylic acids is 2. The second-order valence-electron chi connectivity index (χ2n) is 6.86. The molecule has 1 unspecified atom stereocenters. The minimum Gasteiger partial charge on any atom is -0.497 e. The van der Waals surface area contributed by atoms with Crippen molar-refractivity contribution in [2.75, 3.05) is 26.1 Å². The number of amides is 2. The first-order chi connectivity index (χ1) is 14.0. The van der Waals surface area contributed by atoms with Gasteiger partial charge in [0.05, 0.1) is 7.11 Å². The van der Waals surface area contributed by atoms with Gasteiger partial charge in [-0.2, -0.15) is 0 Å². The van der Waals surface area contributed by atoms with Crippen molar-refractivity contribution in [2.24, 2.45) is 0 Å². The Morgan fingerprint density at radius 1 is 1.24 bits per heavy atom. The van der Waals surface area contributed by atoms with E-state index < -0.39 is 6.10 Å². The van der Waals surface area contributed by atoms with Gasteiger partial charge in [-0.25, -0.2) is 0 Å². The molecule has 1 aliphatic heterocycles. The fraction of sp³-hybridized carbons (Fsp3) is 0.364. The van der Waals surface area contributed by atoms with Crippen molar-refractivity contribution in [1.29, 1.82) is 0 Å². The predicted octanol–water partition coefficient (Wildman–Crippen LogP) is 2.98. The van der Waals surface area contributed by atoms with Crippen LogP contribution in [0.1, 0.15) is 24.5 Å². The van der Waals surface area contributed by atoms with Crippen LogP contribution in [-0.2, 0) is 27.4 Å². The normalized spacial score (nSPS) is 15.9. The first kappa shape index (κ1) is 20.7. The molecule has 29 heavy (non-hydrogen) atoms. The zero-order valence-corrected chi connectivity index (χ0v) is 16.9. The van der Waals surface area contributed by atoms with Gasteiger partial charge in [0.2, 0.25) is 5.91 Å². The molecule has 0 aromatic heterocycles. The molecular formula is C22H26N2O5. The number of anilines is 1. The van der Waals surface area contributed by atoms with E-state index in [-0.39, 0.29) is 18.4 Å². The highest BCUT2D eigenvalue weighted by atomic mass is 16.5. The molecule has 0 bridgehead atoms. The minimum atomic E-state index is -0.546. The summed E-state index contributed by atoms with van der Waals surface area (Å²) in [6.45, 7) is 2.73. The lowest BCUT2D eigenvalue weighted by Crippen LogP contribution is -2.38. The highest BCUT2D eigenvalue weighted by Gasteiger charge is 2.30. The summed E-state index contributed by atoms with van der Waals surface area (Å²) in [6, 6.07) is 13.1. The molecule has 2 amide bonds.